The molecule has 2 amide bonds. The van der Waals surface area contributed by atoms with Crippen molar-refractivity contribution in [1.82, 2.24) is 5.32 Å². The third kappa shape index (κ3) is 3.82. The highest BCUT2D eigenvalue weighted by Crippen LogP contribution is 2.19. The Morgan fingerprint density at radius 3 is 2.71 bits per heavy atom. The maximum atomic E-state index is 13.0. The van der Waals surface area contributed by atoms with E-state index in [1.54, 1.807) is 6.07 Å². The van der Waals surface area contributed by atoms with Gasteiger partial charge in [-0.05, 0) is 37.3 Å². The topological polar surface area (TPSA) is 71.3 Å². The SMILES string of the molecule is C[C@H](NC(=O)c1ccco1)C(=O)Nc1ccc(F)c(Cl)c1. The lowest BCUT2D eigenvalue weighted by atomic mass is 10.2. The molecule has 0 aliphatic rings. The van der Waals surface area contributed by atoms with Gasteiger partial charge in [0, 0.05) is 5.69 Å². The number of carbonyl (C=O) groups excluding carboxylic acids is 2. The second-order valence-corrected chi connectivity index (χ2v) is 4.70. The number of nitrogens with one attached hydrogen (secondary N) is 2. The molecule has 0 spiro atoms. The van der Waals surface area contributed by atoms with Gasteiger partial charge in [-0.25, -0.2) is 4.39 Å². The van der Waals surface area contributed by atoms with Gasteiger partial charge in [-0.3, -0.25) is 9.59 Å². The lowest BCUT2D eigenvalue weighted by Crippen LogP contribution is -2.41. The van der Waals surface area contributed by atoms with Crippen molar-refractivity contribution < 1.29 is 18.4 Å². The summed E-state index contributed by atoms with van der Waals surface area (Å²) in [5.41, 5.74) is 0.338. The maximum absolute atomic E-state index is 13.0. The molecule has 0 saturated carbocycles. The Bertz CT molecular complexity index is 658. The van der Waals surface area contributed by atoms with Crippen molar-refractivity contribution in [3.8, 4) is 0 Å². The van der Waals surface area contributed by atoms with Crippen LogP contribution in [0.1, 0.15) is 17.5 Å². The molecule has 2 rings (SSSR count). The van der Waals surface area contributed by atoms with Crippen molar-refractivity contribution in [1.29, 1.82) is 0 Å². The zero-order chi connectivity index (χ0) is 15.4. The van der Waals surface area contributed by atoms with Gasteiger partial charge in [-0.2, -0.15) is 0 Å². The molecule has 21 heavy (non-hydrogen) atoms. The van der Waals surface area contributed by atoms with Crippen LogP contribution in [0, 0.1) is 5.82 Å². The average Bonchev–Trinajstić information content (AvgIpc) is 2.97. The molecule has 0 saturated heterocycles. The second kappa shape index (κ2) is 6.41. The Balaban J connectivity index is 1.96. The summed E-state index contributed by atoms with van der Waals surface area (Å²) in [4.78, 5) is 23.6. The molecule has 0 radical (unpaired) electrons. The summed E-state index contributed by atoms with van der Waals surface area (Å²) in [6, 6.07) is 6.06. The first-order valence-electron chi connectivity index (χ1n) is 6.07. The molecule has 0 fully saturated rings. The Morgan fingerprint density at radius 2 is 2.10 bits per heavy atom. The molecule has 1 aromatic carbocycles. The maximum Gasteiger partial charge on any atom is 0.287 e. The number of benzene rings is 1. The largest absolute Gasteiger partial charge is 0.459 e. The molecular formula is C14H12ClFN2O3. The van der Waals surface area contributed by atoms with E-state index in [9.17, 15) is 14.0 Å². The van der Waals surface area contributed by atoms with Gasteiger partial charge in [0.2, 0.25) is 5.91 Å². The Kier molecular flexibility index (Phi) is 4.59. The average molecular weight is 311 g/mol. The van der Waals surface area contributed by atoms with Crippen LogP contribution in [-0.4, -0.2) is 17.9 Å². The van der Waals surface area contributed by atoms with Crippen molar-refractivity contribution in [2.45, 2.75) is 13.0 Å². The monoisotopic (exact) mass is 310 g/mol. The first kappa shape index (κ1) is 15.1. The minimum absolute atomic E-state index is 0.0972. The van der Waals surface area contributed by atoms with Gasteiger partial charge < -0.3 is 15.1 Å². The summed E-state index contributed by atoms with van der Waals surface area (Å²) < 4.78 is 17.9. The van der Waals surface area contributed by atoms with Crippen molar-refractivity contribution in [3.63, 3.8) is 0 Å². The number of hydrogen-bond donors (Lipinski definition) is 2. The van der Waals surface area contributed by atoms with Gasteiger partial charge in [0.05, 0.1) is 11.3 Å². The standard InChI is InChI=1S/C14H12ClFN2O3/c1-8(17-14(20)12-3-2-6-21-12)13(19)18-9-4-5-11(16)10(15)7-9/h2-8H,1H3,(H,17,20)(H,18,19)/t8-/m0/s1. The van der Waals surface area contributed by atoms with E-state index >= 15 is 0 Å². The van der Waals surface area contributed by atoms with Crippen molar-refractivity contribution in [2.24, 2.45) is 0 Å². The summed E-state index contributed by atoms with van der Waals surface area (Å²) in [7, 11) is 0. The van der Waals surface area contributed by atoms with Gasteiger partial charge >= 0.3 is 0 Å². The van der Waals surface area contributed by atoms with Crippen molar-refractivity contribution >= 4 is 29.1 Å². The molecule has 1 heterocycles. The molecule has 1 atom stereocenters. The van der Waals surface area contributed by atoms with E-state index in [2.05, 4.69) is 10.6 Å². The van der Waals surface area contributed by atoms with Crippen LogP contribution in [0.15, 0.2) is 41.0 Å². The van der Waals surface area contributed by atoms with E-state index < -0.39 is 23.7 Å². The number of furan rings is 1. The molecule has 2 N–H and O–H groups in total. The number of anilines is 1. The summed E-state index contributed by atoms with van der Waals surface area (Å²) in [6.45, 7) is 1.52. The molecule has 0 aliphatic carbocycles. The van der Waals surface area contributed by atoms with Crippen LogP contribution in [0.2, 0.25) is 5.02 Å². The normalized spacial score (nSPS) is 11.8. The molecular weight excluding hydrogens is 299 g/mol. The van der Waals surface area contributed by atoms with Gasteiger partial charge in [0.15, 0.2) is 5.76 Å². The van der Waals surface area contributed by atoms with Crippen molar-refractivity contribution in [2.75, 3.05) is 5.32 Å². The van der Waals surface area contributed by atoms with E-state index in [1.165, 1.54) is 31.4 Å². The lowest BCUT2D eigenvalue weighted by Gasteiger charge is -2.13. The molecule has 110 valence electrons. The molecule has 2 aromatic rings. The first-order chi connectivity index (χ1) is 9.97. The van der Waals surface area contributed by atoms with Crippen LogP contribution in [-0.2, 0) is 4.79 Å². The third-order valence-corrected chi connectivity index (χ3v) is 2.96. The highest BCUT2D eigenvalue weighted by Gasteiger charge is 2.18. The fraction of sp³-hybridized carbons (Fsp3) is 0.143. The van der Waals surface area contributed by atoms with Crippen LogP contribution < -0.4 is 10.6 Å². The van der Waals surface area contributed by atoms with Crippen LogP contribution >= 0.6 is 11.6 Å². The summed E-state index contributed by atoms with van der Waals surface area (Å²) in [5, 5.41) is 4.90. The Labute approximate surface area is 125 Å². The van der Waals surface area contributed by atoms with Crippen LogP contribution in [0.3, 0.4) is 0 Å². The number of halogens is 2. The van der Waals surface area contributed by atoms with E-state index in [4.69, 9.17) is 16.0 Å². The van der Waals surface area contributed by atoms with Crippen LogP contribution in [0.25, 0.3) is 0 Å². The predicted octanol–water partition coefficient (Wildman–Crippen LogP) is 2.83. The van der Waals surface area contributed by atoms with Crippen LogP contribution in [0.4, 0.5) is 10.1 Å². The molecule has 0 bridgehead atoms. The van der Waals surface area contributed by atoms with E-state index in [0.29, 0.717) is 5.69 Å². The Morgan fingerprint density at radius 1 is 1.33 bits per heavy atom. The smallest absolute Gasteiger partial charge is 0.287 e. The quantitative estimate of drug-likeness (QED) is 0.912. The molecule has 1 aromatic heterocycles. The predicted molar refractivity (Wildman–Crippen MR) is 75.7 cm³/mol. The van der Waals surface area contributed by atoms with Crippen molar-refractivity contribution in [3.05, 3.63) is 53.2 Å². The van der Waals surface area contributed by atoms with Gasteiger partial charge in [0.25, 0.3) is 5.91 Å². The second-order valence-electron chi connectivity index (χ2n) is 4.29. The van der Waals surface area contributed by atoms with Crippen LogP contribution in [0.5, 0.6) is 0 Å². The summed E-state index contributed by atoms with van der Waals surface area (Å²) in [6.07, 6.45) is 1.36. The van der Waals surface area contributed by atoms with E-state index in [0.717, 1.165) is 6.07 Å². The van der Waals surface area contributed by atoms with Gasteiger partial charge in [0.1, 0.15) is 11.9 Å². The number of hydrogen-bond acceptors (Lipinski definition) is 3. The van der Waals surface area contributed by atoms with E-state index in [-0.39, 0.29) is 10.8 Å². The molecule has 0 unspecified atom stereocenters. The zero-order valence-electron chi connectivity index (χ0n) is 11.0. The fourth-order valence-corrected chi connectivity index (χ4v) is 1.75. The first-order valence-corrected chi connectivity index (χ1v) is 6.45. The minimum Gasteiger partial charge on any atom is -0.459 e. The van der Waals surface area contributed by atoms with Gasteiger partial charge in [-0.15, -0.1) is 0 Å². The highest BCUT2D eigenvalue weighted by molar-refractivity contribution is 6.31. The zero-order valence-corrected chi connectivity index (χ0v) is 11.8. The number of rotatable bonds is 4. The highest BCUT2D eigenvalue weighted by atomic mass is 35.5. The van der Waals surface area contributed by atoms with E-state index in [1.807, 2.05) is 0 Å². The molecule has 7 heteroatoms. The summed E-state index contributed by atoms with van der Waals surface area (Å²) >= 11 is 5.62. The minimum atomic E-state index is -0.800. The molecule has 5 nitrogen and oxygen atoms in total. The molecule has 0 aliphatic heterocycles. The summed E-state index contributed by atoms with van der Waals surface area (Å²) in [5.74, 6) is -1.43. The Hall–Kier alpha value is -2.34. The lowest BCUT2D eigenvalue weighted by molar-refractivity contribution is -0.117. The third-order valence-electron chi connectivity index (χ3n) is 2.67. The number of amides is 2. The fourth-order valence-electron chi connectivity index (χ4n) is 1.57. The number of carbonyl (C=O) groups is 2. The van der Waals surface area contributed by atoms with Gasteiger partial charge in [-0.1, -0.05) is 11.6 Å².